The predicted octanol–water partition coefficient (Wildman–Crippen LogP) is 3.80. The third kappa shape index (κ3) is 4.62. The summed E-state index contributed by atoms with van der Waals surface area (Å²) in [5, 5.41) is 2.64. The Morgan fingerprint density at radius 3 is 2.27 bits per heavy atom. The van der Waals surface area contributed by atoms with Crippen LogP contribution in [0.3, 0.4) is 0 Å². The molecule has 2 aromatic carbocycles. The van der Waals surface area contributed by atoms with Crippen LogP contribution in [-0.4, -0.2) is 24.9 Å². The number of hydrogen-bond acceptors (Lipinski definition) is 2. The summed E-state index contributed by atoms with van der Waals surface area (Å²) < 4.78 is 39.5. The molecule has 0 spiro atoms. The molecule has 0 radical (unpaired) electrons. The van der Waals surface area contributed by atoms with E-state index in [1.165, 1.54) is 25.1 Å². The van der Waals surface area contributed by atoms with Crippen molar-refractivity contribution in [1.29, 1.82) is 0 Å². The Balaban J connectivity index is 2.12. The highest BCUT2D eigenvalue weighted by Crippen LogP contribution is 2.36. The van der Waals surface area contributed by atoms with Crippen molar-refractivity contribution in [3.8, 4) is 0 Å². The fourth-order valence-corrected chi connectivity index (χ4v) is 2.60. The molecule has 2 rings (SSSR count). The van der Waals surface area contributed by atoms with Crippen molar-refractivity contribution in [3.63, 3.8) is 0 Å². The molecule has 0 bridgehead atoms. The van der Waals surface area contributed by atoms with E-state index in [1.807, 2.05) is 0 Å². The first-order valence-corrected chi connectivity index (χ1v) is 8.00. The van der Waals surface area contributed by atoms with Gasteiger partial charge in [0.05, 0.1) is 11.3 Å². The summed E-state index contributed by atoms with van der Waals surface area (Å²) in [6.07, 6.45) is -4.57. The molecule has 0 saturated heterocycles. The Kier molecular flexibility index (Phi) is 6.02. The smallest absolute Gasteiger partial charge is 0.350 e. The van der Waals surface area contributed by atoms with Gasteiger partial charge in [0, 0.05) is 25.6 Å². The molecular weight excluding hydrogens is 345 g/mol. The molecule has 2 aromatic rings. The molecule has 0 aliphatic carbocycles. The first-order valence-electron chi connectivity index (χ1n) is 8.00. The van der Waals surface area contributed by atoms with Crippen molar-refractivity contribution < 1.29 is 22.8 Å². The maximum absolute atomic E-state index is 13.2. The molecule has 0 aliphatic heterocycles. The molecular formula is C19H19F3N2O2. The number of benzene rings is 2. The maximum Gasteiger partial charge on any atom is 0.418 e. The number of rotatable bonds is 5. The van der Waals surface area contributed by atoms with Crippen molar-refractivity contribution in [2.45, 2.75) is 20.0 Å². The van der Waals surface area contributed by atoms with Crippen LogP contribution in [0.1, 0.15) is 28.4 Å². The number of halogens is 3. The van der Waals surface area contributed by atoms with Gasteiger partial charge in [0.15, 0.2) is 0 Å². The zero-order valence-electron chi connectivity index (χ0n) is 14.4. The zero-order chi connectivity index (χ0) is 19.3. The van der Waals surface area contributed by atoms with Gasteiger partial charge in [-0.1, -0.05) is 30.3 Å². The van der Waals surface area contributed by atoms with E-state index in [-0.39, 0.29) is 24.7 Å². The van der Waals surface area contributed by atoms with E-state index in [9.17, 15) is 22.8 Å². The number of amides is 2. The molecule has 0 aromatic heterocycles. The topological polar surface area (TPSA) is 49.4 Å². The number of para-hydroxylation sites is 1. The monoisotopic (exact) mass is 364 g/mol. The maximum atomic E-state index is 13.2. The number of carbonyl (C=O) groups is 2. The zero-order valence-corrected chi connectivity index (χ0v) is 14.4. The molecule has 0 heterocycles. The fraction of sp³-hybridized carbons (Fsp3) is 0.263. The van der Waals surface area contributed by atoms with Gasteiger partial charge in [0.2, 0.25) is 5.91 Å². The molecule has 0 fully saturated rings. The van der Waals surface area contributed by atoms with E-state index in [0.29, 0.717) is 5.56 Å². The largest absolute Gasteiger partial charge is 0.418 e. The van der Waals surface area contributed by atoms with Gasteiger partial charge < -0.3 is 10.2 Å². The lowest BCUT2D eigenvalue weighted by atomic mass is 10.1. The van der Waals surface area contributed by atoms with Crippen molar-refractivity contribution in [2.24, 2.45) is 0 Å². The second kappa shape index (κ2) is 8.03. The fourth-order valence-electron chi connectivity index (χ4n) is 2.60. The van der Waals surface area contributed by atoms with Crippen molar-refractivity contribution in [3.05, 3.63) is 65.2 Å². The Bertz CT molecular complexity index is 803. The third-order valence-corrected chi connectivity index (χ3v) is 3.89. The van der Waals surface area contributed by atoms with E-state index in [2.05, 4.69) is 5.32 Å². The number of hydrogen-bond donors (Lipinski definition) is 1. The lowest BCUT2D eigenvalue weighted by Crippen LogP contribution is -2.38. The summed E-state index contributed by atoms with van der Waals surface area (Å²) >= 11 is 0. The van der Waals surface area contributed by atoms with Crippen LogP contribution in [0.4, 0.5) is 18.9 Å². The average Bonchev–Trinajstić information content (AvgIpc) is 2.58. The van der Waals surface area contributed by atoms with Crippen molar-refractivity contribution in [1.82, 2.24) is 5.32 Å². The lowest BCUT2D eigenvalue weighted by Gasteiger charge is -2.25. The van der Waals surface area contributed by atoms with E-state index in [4.69, 9.17) is 0 Å². The summed E-state index contributed by atoms with van der Waals surface area (Å²) in [4.78, 5) is 25.1. The first kappa shape index (κ1) is 19.5. The third-order valence-electron chi connectivity index (χ3n) is 3.89. The number of nitrogens with zero attached hydrogens (tertiary/aromatic N) is 1. The minimum Gasteiger partial charge on any atom is -0.350 e. The predicted molar refractivity (Wildman–Crippen MR) is 93.0 cm³/mol. The quantitative estimate of drug-likeness (QED) is 0.877. The Hall–Kier alpha value is -2.83. The van der Waals surface area contributed by atoms with Crippen LogP contribution in [0.5, 0.6) is 0 Å². The van der Waals surface area contributed by atoms with Crippen LogP contribution in [0.25, 0.3) is 0 Å². The molecule has 7 heteroatoms. The molecule has 26 heavy (non-hydrogen) atoms. The SMILES string of the molecule is CC(=O)N(CCNC(=O)c1ccccc1C)c1ccccc1C(F)(F)F. The van der Waals surface area contributed by atoms with Crippen LogP contribution in [0, 0.1) is 6.92 Å². The summed E-state index contributed by atoms with van der Waals surface area (Å²) in [6, 6.07) is 11.9. The number of carbonyl (C=O) groups excluding carboxylic acids is 2. The van der Waals surface area contributed by atoms with Gasteiger partial charge in [0.1, 0.15) is 0 Å². The van der Waals surface area contributed by atoms with Crippen LogP contribution in [0.2, 0.25) is 0 Å². The van der Waals surface area contributed by atoms with Gasteiger partial charge >= 0.3 is 6.18 Å². The molecule has 138 valence electrons. The second-order valence-corrected chi connectivity index (χ2v) is 5.76. The summed E-state index contributed by atoms with van der Waals surface area (Å²) in [5.41, 5.74) is 0.159. The summed E-state index contributed by atoms with van der Waals surface area (Å²) in [6.45, 7) is 2.94. The normalized spacial score (nSPS) is 11.1. The minimum atomic E-state index is -4.57. The molecule has 0 saturated carbocycles. The minimum absolute atomic E-state index is 0.0267. The van der Waals surface area contributed by atoms with Gasteiger partial charge in [-0.2, -0.15) is 13.2 Å². The molecule has 2 amide bonds. The van der Waals surface area contributed by atoms with Gasteiger partial charge in [-0.3, -0.25) is 9.59 Å². The van der Waals surface area contributed by atoms with E-state index >= 15 is 0 Å². The Morgan fingerprint density at radius 2 is 1.65 bits per heavy atom. The highest BCUT2D eigenvalue weighted by atomic mass is 19.4. The van der Waals surface area contributed by atoms with Crippen molar-refractivity contribution in [2.75, 3.05) is 18.0 Å². The highest BCUT2D eigenvalue weighted by molar-refractivity contribution is 5.96. The van der Waals surface area contributed by atoms with Gasteiger partial charge in [-0.15, -0.1) is 0 Å². The van der Waals surface area contributed by atoms with Gasteiger partial charge in [-0.05, 0) is 30.7 Å². The van der Waals surface area contributed by atoms with Gasteiger partial charge in [-0.25, -0.2) is 0 Å². The van der Waals surface area contributed by atoms with E-state index < -0.39 is 17.6 Å². The highest BCUT2D eigenvalue weighted by Gasteiger charge is 2.35. The molecule has 0 unspecified atom stereocenters. The Labute approximate surface area is 149 Å². The first-order chi connectivity index (χ1) is 12.2. The van der Waals surface area contributed by atoms with Crippen LogP contribution in [-0.2, 0) is 11.0 Å². The van der Waals surface area contributed by atoms with Crippen LogP contribution < -0.4 is 10.2 Å². The molecule has 0 aliphatic rings. The summed E-state index contributed by atoms with van der Waals surface area (Å²) in [5.74, 6) is -0.873. The number of alkyl halides is 3. The molecule has 0 atom stereocenters. The van der Waals surface area contributed by atoms with E-state index in [1.54, 1.807) is 31.2 Å². The lowest BCUT2D eigenvalue weighted by molar-refractivity contribution is -0.137. The van der Waals surface area contributed by atoms with Crippen LogP contribution >= 0.6 is 0 Å². The van der Waals surface area contributed by atoms with Gasteiger partial charge in [0.25, 0.3) is 5.91 Å². The van der Waals surface area contributed by atoms with Crippen molar-refractivity contribution >= 4 is 17.5 Å². The number of anilines is 1. The standard InChI is InChI=1S/C19H19F3N2O2/c1-13-7-3-4-8-15(13)18(26)23-11-12-24(14(2)25)17-10-6-5-9-16(17)19(20,21)22/h3-10H,11-12H2,1-2H3,(H,23,26). The van der Waals surface area contributed by atoms with Crippen LogP contribution in [0.15, 0.2) is 48.5 Å². The van der Waals surface area contributed by atoms with E-state index in [0.717, 1.165) is 16.5 Å². The molecule has 1 N–H and O–H groups in total. The number of nitrogens with one attached hydrogen (secondary N) is 1. The molecule has 4 nitrogen and oxygen atoms in total. The Morgan fingerprint density at radius 1 is 1.04 bits per heavy atom. The summed E-state index contributed by atoms with van der Waals surface area (Å²) in [7, 11) is 0. The second-order valence-electron chi connectivity index (χ2n) is 5.76. The number of aryl methyl sites for hydroxylation is 1. The average molecular weight is 364 g/mol.